The molecule has 1 fully saturated rings. The third-order valence-electron chi connectivity index (χ3n) is 3.29. The van der Waals surface area contributed by atoms with Crippen molar-refractivity contribution in [3.63, 3.8) is 0 Å². The number of amides is 2. The molecule has 1 atom stereocenters. The van der Waals surface area contributed by atoms with Crippen LogP contribution in [0.3, 0.4) is 0 Å². The van der Waals surface area contributed by atoms with Crippen LogP contribution in [0.4, 0.5) is 0 Å². The Bertz CT molecular complexity index is 460. The number of carbonyl (C=O) groups is 4. The first kappa shape index (κ1) is 16.9. The molecule has 3 N–H and O–H groups in total. The fraction of sp³-hybridized carbons (Fsp3) is 0.692. The first-order chi connectivity index (χ1) is 9.64. The van der Waals surface area contributed by atoms with E-state index in [0.29, 0.717) is 19.3 Å². The van der Waals surface area contributed by atoms with Gasteiger partial charge in [-0.05, 0) is 33.1 Å². The first-order valence-electron chi connectivity index (χ1n) is 6.72. The van der Waals surface area contributed by atoms with Crippen molar-refractivity contribution in [2.75, 3.05) is 6.54 Å². The maximum absolute atomic E-state index is 12.1. The molecule has 0 unspecified atom stereocenters. The third kappa shape index (κ3) is 4.73. The monoisotopic (exact) mass is 300 g/mol. The van der Waals surface area contributed by atoms with Gasteiger partial charge < -0.3 is 20.4 Å². The van der Waals surface area contributed by atoms with Crippen molar-refractivity contribution >= 4 is 23.8 Å². The van der Waals surface area contributed by atoms with Gasteiger partial charge >= 0.3 is 23.8 Å². The van der Waals surface area contributed by atoms with Gasteiger partial charge in [-0.25, -0.2) is 4.79 Å². The molecule has 8 nitrogen and oxygen atoms in total. The van der Waals surface area contributed by atoms with Gasteiger partial charge in [0.2, 0.25) is 0 Å². The molecule has 0 bridgehead atoms. The molecule has 21 heavy (non-hydrogen) atoms. The van der Waals surface area contributed by atoms with Gasteiger partial charge in [-0.1, -0.05) is 0 Å². The van der Waals surface area contributed by atoms with Gasteiger partial charge in [-0.2, -0.15) is 0 Å². The largest absolute Gasteiger partial charge is 0.481 e. The summed E-state index contributed by atoms with van der Waals surface area (Å²) in [6.07, 6.45) is 1.30. The molecule has 0 aromatic carbocycles. The van der Waals surface area contributed by atoms with Crippen LogP contribution in [0.1, 0.15) is 39.5 Å². The van der Waals surface area contributed by atoms with Crippen LogP contribution in [0.15, 0.2) is 0 Å². The number of nitrogens with zero attached hydrogens (tertiary/aromatic N) is 1. The van der Waals surface area contributed by atoms with Crippen LogP contribution in [-0.2, 0) is 19.2 Å². The zero-order chi connectivity index (χ0) is 16.2. The molecule has 1 rings (SSSR count). The number of carboxylic acid groups (broad SMARTS) is 2. The number of piperidine rings is 1. The molecule has 0 spiro atoms. The van der Waals surface area contributed by atoms with Gasteiger partial charge in [0.05, 0.1) is 6.42 Å². The average Bonchev–Trinajstić information content (AvgIpc) is 2.35. The molecule has 1 aliphatic rings. The molecule has 1 saturated heterocycles. The summed E-state index contributed by atoms with van der Waals surface area (Å²) >= 11 is 0. The Labute approximate surface area is 122 Å². The van der Waals surface area contributed by atoms with Crippen molar-refractivity contribution in [1.82, 2.24) is 10.2 Å². The number of nitrogens with one attached hydrogen (secondary N) is 1. The molecule has 0 aromatic heterocycles. The summed E-state index contributed by atoms with van der Waals surface area (Å²) in [5, 5.41) is 20.2. The molecular formula is C13H20N2O6. The van der Waals surface area contributed by atoms with Crippen LogP contribution in [0, 0.1) is 0 Å². The van der Waals surface area contributed by atoms with Gasteiger partial charge in [-0.15, -0.1) is 0 Å². The van der Waals surface area contributed by atoms with E-state index >= 15 is 0 Å². The topological polar surface area (TPSA) is 124 Å². The van der Waals surface area contributed by atoms with E-state index in [4.69, 9.17) is 10.2 Å². The summed E-state index contributed by atoms with van der Waals surface area (Å²) in [7, 11) is 0. The number of hydrogen-bond donors (Lipinski definition) is 3. The standard InChI is InChI=1S/C13H20N2O6/c1-13(2,7-9(16)17)14-10(18)11(19)15-6-4-3-5-8(15)12(20)21/h8H,3-7H2,1-2H3,(H,14,18)(H,16,17)(H,20,21)/t8-/m1/s1. The fourth-order valence-corrected chi connectivity index (χ4v) is 2.34. The number of aliphatic carboxylic acids is 2. The van der Waals surface area contributed by atoms with E-state index in [0.717, 1.165) is 4.90 Å². The first-order valence-corrected chi connectivity index (χ1v) is 6.72. The van der Waals surface area contributed by atoms with Crippen molar-refractivity contribution in [1.29, 1.82) is 0 Å². The molecule has 0 radical (unpaired) electrons. The van der Waals surface area contributed by atoms with E-state index < -0.39 is 35.3 Å². The summed E-state index contributed by atoms with van der Waals surface area (Å²) in [6, 6.07) is -1.00. The van der Waals surface area contributed by atoms with Crippen molar-refractivity contribution in [3.05, 3.63) is 0 Å². The maximum atomic E-state index is 12.1. The second kappa shape index (κ2) is 6.55. The third-order valence-corrected chi connectivity index (χ3v) is 3.29. The number of carboxylic acids is 2. The zero-order valence-corrected chi connectivity index (χ0v) is 12.1. The van der Waals surface area contributed by atoms with Crippen LogP contribution in [0.25, 0.3) is 0 Å². The zero-order valence-electron chi connectivity index (χ0n) is 12.1. The number of likely N-dealkylation sites (tertiary alicyclic amines) is 1. The smallest absolute Gasteiger partial charge is 0.326 e. The Morgan fingerprint density at radius 1 is 1.19 bits per heavy atom. The normalized spacial score (nSPS) is 19.0. The lowest BCUT2D eigenvalue weighted by Crippen LogP contribution is -2.56. The molecule has 0 aromatic rings. The van der Waals surface area contributed by atoms with E-state index in [1.807, 2.05) is 0 Å². The van der Waals surface area contributed by atoms with Crippen LogP contribution in [-0.4, -0.2) is 57.0 Å². The summed E-state index contributed by atoms with van der Waals surface area (Å²) in [5.41, 5.74) is -1.09. The predicted molar refractivity (Wildman–Crippen MR) is 71.5 cm³/mol. The van der Waals surface area contributed by atoms with E-state index in [1.54, 1.807) is 0 Å². The SMILES string of the molecule is CC(C)(CC(=O)O)NC(=O)C(=O)N1CCCC[C@@H]1C(=O)O. The summed E-state index contributed by atoms with van der Waals surface area (Å²) in [4.78, 5) is 46.8. The Kier molecular flexibility index (Phi) is 5.28. The molecule has 0 saturated carbocycles. The Hall–Kier alpha value is -2.12. The Morgan fingerprint density at radius 2 is 1.81 bits per heavy atom. The Morgan fingerprint density at radius 3 is 2.33 bits per heavy atom. The highest BCUT2D eigenvalue weighted by Crippen LogP contribution is 2.18. The molecule has 1 heterocycles. The van der Waals surface area contributed by atoms with Crippen LogP contribution < -0.4 is 5.32 Å². The number of hydrogen-bond acceptors (Lipinski definition) is 4. The van der Waals surface area contributed by atoms with Gasteiger partial charge in [0.25, 0.3) is 0 Å². The highest BCUT2D eigenvalue weighted by atomic mass is 16.4. The van der Waals surface area contributed by atoms with Crippen LogP contribution >= 0.6 is 0 Å². The summed E-state index contributed by atoms with van der Waals surface area (Å²) < 4.78 is 0. The van der Waals surface area contributed by atoms with E-state index in [-0.39, 0.29) is 13.0 Å². The molecule has 1 aliphatic heterocycles. The van der Waals surface area contributed by atoms with Crippen LogP contribution in [0.5, 0.6) is 0 Å². The lowest BCUT2D eigenvalue weighted by Gasteiger charge is -2.33. The lowest BCUT2D eigenvalue weighted by atomic mass is 10.00. The molecule has 2 amide bonds. The second-order valence-electron chi connectivity index (χ2n) is 5.76. The van der Waals surface area contributed by atoms with Gasteiger partial charge in [0.1, 0.15) is 6.04 Å². The number of carbonyl (C=O) groups excluding carboxylic acids is 2. The highest BCUT2D eigenvalue weighted by Gasteiger charge is 2.36. The Balaban J connectivity index is 2.75. The lowest BCUT2D eigenvalue weighted by molar-refractivity contribution is -0.156. The van der Waals surface area contributed by atoms with Gasteiger partial charge in [0, 0.05) is 12.1 Å². The minimum absolute atomic E-state index is 0.211. The van der Waals surface area contributed by atoms with E-state index in [1.165, 1.54) is 13.8 Å². The van der Waals surface area contributed by atoms with E-state index in [2.05, 4.69) is 5.32 Å². The minimum Gasteiger partial charge on any atom is -0.481 e. The molecule has 0 aliphatic carbocycles. The van der Waals surface area contributed by atoms with Crippen molar-refractivity contribution in [2.24, 2.45) is 0 Å². The summed E-state index contributed by atoms with van der Waals surface area (Å²) in [6.45, 7) is 3.18. The predicted octanol–water partition coefficient (Wildman–Crippen LogP) is -0.178. The van der Waals surface area contributed by atoms with E-state index in [9.17, 15) is 19.2 Å². The van der Waals surface area contributed by atoms with Gasteiger partial charge in [-0.3, -0.25) is 14.4 Å². The van der Waals surface area contributed by atoms with Crippen molar-refractivity contribution < 1.29 is 29.4 Å². The molecular weight excluding hydrogens is 280 g/mol. The fourth-order valence-electron chi connectivity index (χ4n) is 2.34. The summed E-state index contributed by atoms with van der Waals surface area (Å²) in [5.74, 6) is -4.15. The van der Waals surface area contributed by atoms with Crippen molar-refractivity contribution in [3.8, 4) is 0 Å². The van der Waals surface area contributed by atoms with Crippen molar-refractivity contribution in [2.45, 2.75) is 51.1 Å². The second-order valence-corrected chi connectivity index (χ2v) is 5.76. The minimum atomic E-state index is -1.14. The van der Waals surface area contributed by atoms with Gasteiger partial charge in [0.15, 0.2) is 0 Å². The average molecular weight is 300 g/mol. The quantitative estimate of drug-likeness (QED) is 0.619. The molecule has 8 heteroatoms. The molecule has 118 valence electrons. The number of rotatable bonds is 4. The maximum Gasteiger partial charge on any atom is 0.326 e. The highest BCUT2D eigenvalue weighted by molar-refractivity contribution is 6.35. The van der Waals surface area contributed by atoms with Crippen LogP contribution in [0.2, 0.25) is 0 Å².